The molecule has 0 bridgehead atoms. The van der Waals surface area contributed by atoms with E-state index >= 15 is 0 Å². The zero-order valence-electron chi connectivity index (χ0n) is 34.9. The van der Waals surface area contributed by atoms with Crippen molar-refractivity contribution in [1.82, 2.24) is 0 Å². The van der Waals surface area contributed by atoms with Gasteiger partial charge in [0.15, 0.2) is 0 Å². The van der Waals surface area contributed by atoms with Gasteiger partial charge in [-0.1, -0.05) is 220 Å². The number of hydrogen-bond donors (Lipinski definition) is 0. The molecule has 0 spiro atoms. The van der Waals surface area contributed by atoms with Gasteiger partial charge in [-0.25, -0.2) is 0 Å². The fourth-order valence-corrected chi connectivity index (χ4v) is 11.7. The van der Waals surface area contributed by atoms with Crippen LogP contribution in [0, 0.1) is 5.92 Å². The van der Waals surface area contributed by atoms with E-state index < -0.39 is 0 Å². The van der Waals surface area contributed by atoms with E-state index in [4.69, 9.17) is 0 Å². The Morgan fingerprint density at radius 1 is 0.459 bits per heavy atom. The molecule has 0 aliphatic heterocycles. The van der Waals surface area contributed by atoms with E-state index in [1.807, 2.05) is 0 Å². The molecule has 292 valence electrons. The number of allylic oxidation sites excluding steroid dienone is 8. The second-order valence-electron chi connectivity index (χ2n) is 18.3. The molecule has 0 saturated carbocycles. The lowest BCUT2D eigenvalue weighted by molar-refractivity contribution is 0.418. The van der Waals surface area contributed by atoms with Crippen molar-refractivity contribution in [2.24, 2.45) is 5.92 Å². The summed E-state index contributed by atoms with van der Waals surface area (Å²) in [7, 11) is 0. The van der Waals surface area contributed by atoms with Crippen LogP contribution < -0.4 is 0 Å². The summed E-state index contributed by atoms with van der Waals surface area (Å²) in [6.45, 7) is 4.86. The highest BCUT2D eigenvalue weighted by atomic mass is 14.5. The lowest BCUT2D eigenvalue weighted by atomic mass is 9.70. The molecular weight excluding hydrogens is 733 g/mol. The number of hydrogen-bond acceptors (Lipinski definition) is 0. The van der Waals surface area contributed by atoms with Crippen molar-refractivity contribution in [2.75, 3.05) is 0 Å². The summed E-state index contributed by atoms with van der Waals surface area (Å²) in [5, 5.41) is 5.18. The first-order valence-corrected chi connectivity index (χ1v) is 22.2. The SMILES string of the molecule is CC1(C)c2ccccc2C2=CC=C(c3ccc(C4C=CC5=C(C4)CC(c4ccc(-c6c7ccccc7c(-c7ccccc7)c7ccccc67)cc4)c4ccccc45)cc3)CC21. The average molecular weight is 781 g/mol. The molecule has 0 nitrogen and oxygen atoms in total. The Labute approximate surface area is 360 Å². The van der Waals surface area contributed by atoms with Crippen LogP contribution in [0.5, 0.6) is 0 Å². The first-order valence-electron chi connectivity index (χ1n) is 22.2. The summed E-state index contributed by atoms with van der Waals surface area (Å²) in [6, 6.07) is 66.1. The van der Waals surface area contributed by atoms with Crippen molar-refractivity contribution < 1.29 is 0 Å². The number of rotatable bonds is 5. The van der Waals surface area contributed by atoms with E-state index in [0.29, 0.717) is 17.8 Å². The van der Waals surface area contributed by atoms with Crippen LogP contribution in [0.25, 0.3) is 60.5 Å². The lowest BCUT2D eigenvalue weighted by Gasteiger charge is -2.33. The molecule has 0 N–H and O–H groups in total. The van der Waals surface area contributed by atoms with Gasteiger partial charge in [0.05, 0.1) is 0 Å². The zero-order valence-corrected chi connectivity index (χ0v) is 34.9. The zero-order chi connectivity index (χ0) is 40.7. The molecule has 0 aromatic heterocycles. The molecule has 3 atom stereocenters. The molecule has 12 rings (SSSR count). The Kier molecular flexibility index (Phi) is 8.39. The van der Waals surface area contributed by atoms with Gasteiger partial charge in [-0.05, 0) is 130 Å². The van der Waals surface area contributed by atoms with E-state index in [1.54, 1.807) is 5.57 Å². The van der Waals surface area contributed by atoms with E-state index in [0.717, 1.165) is 19.3 Å². The van der Waals surface area contributed by atoms with Crippen LogP contribution in [0.3, 0.4) is 0 Å². The van der Waals surface area contributed by atoms with Crippen molar-refractivity contribution in [2.45, 2.75) is 50.4 Å². The van der Waals surface area contributed by atoms with Crippen molar-refractivity contribution in [3.63, 3.8) is 0 Å². The van der Waals surface area contributed by atoms with Crippen LogP contribution in [-0.2, 0) is 5.41 Å². The highest BCUT2D eigenvalue weighted by Gasteiger charge is 2.43. The topological polar surface area (TPSA) is 0 Å². The van der Waals surface area contributed by atoms with E-state index in [2.05, 4.69) is 214 Å². The summed E-state index contributed by atoms with van der Waals surface area (Å²) in [5.74, 6) is 1.20. The second kappa shape index (κ2) is 14.2. The third-order valence-corrected chi connectivity index (χ3v) is 14.8. The maximum atomic E-state index is 2.46. The van der Waals surface area contributed by atoms with Crippen LogP contribution >= 0.6 is 0 Å². The lowest BCUT2D eigenvalue weighted by Crippen LogP contribution is -2.24. The molecule has 8 aromatic carbocycles. The Bertz CT molecular complexity index is 3110. The molecule has 4 aliphatic rings. The molecule has 8 aromatic rings. The Hall–Kier alpha value is -6.76. The molecule has 0 amide bonds. The quantitative estimate of drug-likeness (QED) is 0.153. The molecule has 0 saturated heterocycles. The minimum Gasteiger partial charge on any atom is -0.0761 e. The summed E-state index contributed by atoms with van der Waals surface area (Å²) in [6.07, 6.45) is 12.9. The van der Waals surface area contributed by atoms with Gasteiger partial charge in [0, 0.05) is 11.8 Å². The van der Waals surface area contributed by atoms with Crippen LogP contribution in [0.1, 0.15) is 83.9 Å². The third-order valence-electron chi connectivity index (χ3n) is 14.8. The van der Waals surface area contributed by atoms with Gasteiger partial charge in [0.2, 0.25) is 0 Å². The second-order valence-corrected chi connectivity index (χ2v) is 18.3. The van der Waals surface area contributed by atoms with Gasteiger partial charge in [-0.3, -0.25) is 0 Å². The average Bonchev–Trinajstić information content (AvgIpc) is 3.55. The first-order chi connectivity index (χ1) is 30.0. The summed E-state index contributed by atoms with van der Waals surface area (Å²) < 4.78 is 0. The molecule has 4 aliphatic carbocycles. The smallest absolute Gasteiger partial charge is 0.0133 e. The fraction of sp³-hybridized carbons (Fsp3) is 0.148. The van der Waals surface area contributed by atoms with E-state index in [1.165, 1.54) is 99.5 Å². The summed E-state index contributed by atoms with van der Waals surface area (Å²) >= 11 is 0. The number of benzene rings is 8. The van der Waals surface area contributed by atoms with E-state index in [9.17, 15) is 0 Å². The molecule has 0 heterocycles. The molecular formula is C61H48. The molecule has 0 heteroatoms. The first kappa shape index (κ1) is 36.1. The van der Waals surface area contributed by atoms with Crippen molar-refractivity contribution >= 4 is 38.3 Å². The minimum atomic E-state index is 0.136. The van der Waals surface area contributed by atoms with Gasteiger partial charge < -0.3 is 0 Å². The standard InChI is InChI=1S/C61H48/c1-61(2)57-23-13-12-18-50(57)51-35-33-45(38-58(51)61)40-26-24-39(25-27-40)44-32-34-47-46(36-44)37-56(49-17-7-6-16-48(47)49)41-28-30-43(31-29-41)60-54-21-10-8-19-52(54)59(42-14-4-3-5-15-42)53-20-9-11-22-55(53)60/h3-35,44,56,58H,36-38H2,1-2H3. The third kappa shape index (κ3) is 5.80. The molecule has 61 heavy (non-hydrogen) atoms. The number of fused-ring (bicyclic) bond motifs is 7. The maximum absolute atomic E-state index is 2.46. The van der Waals surface area contributed by atoms with Gasteiger partial charge in [-0.15, -0.1) is 0 Å². The maximum Gasteiger partial charge on any atom is 0.0133 e. The Morgan fingerprint density at radius 3 is 1.70 bits per heavy atom. The highest BCUT2D eigenvalue weighted by molar-refractivity contribution is 6.21. The Morgan fingerprint density at radius 2 is 1.02 bits per heavy atom. The van der Waals surface area contributed by atoms with Crippen molar-refractivity contribution in [3.8, 4) is 22.3 Å². The summed E-state index contributed by atoms with van der Waals surface area (Å²) in [4.78, 5) is 0. The van der Waals surface area contributed by atoms with Crippen LogP contribution in [-0.4, -0.2) is 0 Å². The monoisotopic (exact) mass is 780 g/mol. The van der Waals surface area contributed by atoms with Crippen LogP contribution in [0.15, 0.2) is 206 Å². The van der Waals surface area contributed by atoms with E-state index in [-0.39, 0.29) is 5.41 Å². The van der Waals surface area contributed by atoms with Crippen molar-refractivity contribution in [1.29, 1.82) is 0 Å². The molecule has 0 radical (unpaired) electrons. The molecule has 3 unspecified atom stereocenters. The van der Waals surface area contributed by atoms with Gasteiger partial charge in [-0.2, -0.15) is 0 Å². The van der Waals surface area contributed by atoms with Gasteiger partial charge in [0.1, 0.15) is 0 Å². The summed E-state index contributed by atoms with van der Waals surface area (Å²) in [5.41, 5.74) is 21.2. The Balaban J connectivity index is 0.837. The largest absolute Gasteiger partial charge is 0.0761 e. The highest BCUT2D eigenvalue weighted by Crippen LogP contribution is 2.55. The predicted octanol–water partition coefficient (Wildman–Crippen LogP) is 16.1. The van der Waals surface area contributed by atoms with Crippen molar-refractivity contribution in [3.05, 3.63) is 245 Å². The molecule has 0 fully saturated rings. The van der Waals surface area contributed by atoms with Crippen LogP contribution in [0.4, 0.5) is 0 Å². The van der Waals surface area contributed by atoms with Gasteiger partial charge >= 0.3 is 0 Å². The fourth-order valence-electron chi connectivity index (χ4n) is 11.7. The predicted molar refractivity (Wildman–Crippen MR) is 259 cm³/mol. The normalized spacial score (nSPS) is 19.8. The minimum absolute atomic E-state index is 0.136. The van der Waals surface area contributed by atoms with Crippen LogP contribution in [0.2, 0.25) is 0 Å². The van der Waals surface area contributed by atoms with Gasteiger partial charge in [0.25, 0.3) is 0 Å².